The minimum absolute atomic E-state index is 0.678. The fraction of sp³-hybridized carbons (Fsp3) is 1.00. The van der Waals surface area contributed by atoms with Crippen molar-refractivity contribution in [1.29, 1.82) is 0 Å². The number of nitrogens with zero attached hydrogens (tertiary/aromatic N) is 2. The van der Waals surface area contributed by atoms with Gasteiger partial charge in [0.25, 0.3) is 0 Å². The summed E-state index contributed by atoms with van der Waals surface area (Å²) in [6.45, 7) is 11.4. The molecule has 0 aromatic heterocycles. The summed E-state index contributed by atoms with van der Waals surface area (Å²) < 4.78 is 5.42. The van der Waals surface area contributed by atoms with Crippen LogP contribution in [0, 0.1) is 5.92 Å². The molecule has 2 heterocycles. The van der Waals surface area contributed by atoms with Gasteiger partial charge in [-0.05, 0) is 32.7 Å². The highest BCUT2D eigenvalue weighted by Gasteiger charge is 2.20. The summed E-state index contributed by atoms with van der Waals surface area (Å²) in [5.41, 5.74) is 0. The average Bonchev–Trinajstić information content (AvgIpc) is 2.40. The molecule has 0 saturated carbocycles. The van der Waals surface area contributed by atoms with E-state index in [2.05, 4.69) is 29.1 Å². The predicted molar refractivity (Wildman–Crippen MR) is 74.9 cm³/mol. The van der Waals surface area contributed by atoms with Crippen molar-refractivity contribution < 1.29 is 4.74 Å². The quantitative estimate of drug-likeness (QED) is 0.780. The van der Waals surface area contributed by atoms with Crippen LogP contribution in [-0.4, -0.2) is 75.4 Å². The minimum atomic E-state index is 0.678. The molecule has 1 unspecified atom stereocenters. The molecule has 106 valence electrons. The molecule has 0 radical (unpaired) electrons. The average molecular weight is 255 g/mol. The third-order valence-corrected chi connectivity index (χ3v) is 4.26. The molecule has 4 nitrogen and oxygen atoms in total. The first-order valence-electron chi connectivity index (χ1n) is 7.47. The molecule has 0 aromatic rings. The van der Waals surface area contributed by atoms with Crippen LogP contribution in [0.25, 0.3) is 0 Å². The molecule has 2 fully saturated rings. The van der Waals surface area contributed by atoms with Crippen molar-refractivity contribution in [2.24, 2.45) is 5.92 Å². The molecular formula is C14H29N3O. The van der Waals surface area contributed by atoms with Gasteiger partial charge in [0.05, 0.1) is 0 Å². The molecule has 2 aliphatic heterocycles. The van der Waals surface area contributed by atoms with Crippen molar-refractivity contribution in [2.75, 3.05) is 59.5 Å². The Morgan fingerprint density at radius 2 is 1.94 bits per heavy atom. The first-order valence-corrected chi connectivity index (χ1v) is 7.47. The molecule has 4 heteroatoms. The second-order valence-corrected chi connectivity index (χ2v) is 5.91. The van der Waals surface area contributed by atoms with E-state index in [1.54, 1.807) is 0 Å². The Kier molecular flexibility index (Phi) is 5.89. The fourth-order valence-corrected chi connectivity index (χ4v) is 3.13. The van der Waals surface area contributed by atoms with E-state index in [4.69, 9.17) is 4.74 Å². The van der Waals surface area contributed by atoms with Gasteiger partial charge in [-0.15, -0.1) is 0 Å². The van der Waals surface area contributed by atoms with Crippen molar-refractivity contribution in [3.8, 4) is 0 Å². The first kappa shape index (κ1) is 14.3. The van der Waals surface area contributed by atoms with E-state index in [1.807, 2.05) is 0 Å². The highest BCUT2D eigenvalue weighted by Crippen LogP contribution is 2.16. The highest BCUT2D eigenvalue weighted by atomic mass is 16.5. The van der Waals surface area contributed by atoms with E-state index in [0.717, 1.165) is 32.2 Å². The molecule has 18 heavy (non-hydrogen) atoms. The van der Waals surface area contributed by atoms with Gasteiger partial charge < -0.3 is 15.0 Å². The standard InChI is InChI=1S/C14H29N3O/c1-13(17-7-5-15-6-8-17)11-16(2)12-14-3-9-18-10-4-14/h13-15H,3-12H2,1-2H3. The van der Waals surface area contributed by atoms with Crippen LogP contribution in [0.15, 0.2) is 0 Å². The smallest absolute Gasteiger partial charge is 0.0469 e. The number of ether oxygens (including phenoxy) is 1. The van der Waals surface area contributed by atoms with E-state index >= 15 is 0 Å². The van der Waals surface area contributed by atoms with Crippen LogP contribution in [0.2, 0.25) is 0 Å². The summed E-state index contributed by atoms with van der Waals surface area (Å²) in [7, 11) is 2.27. The summed E-state index contributed by atoms with van der Waals surface area (Å²) in [5, 5.41) is 3.42. The van der Waals surface area contributed by atoms with Gasteiger partial charge in [-0.2, -0.15) is 0 Å². The van der Waals surface area contributed by atoms with Gasteiger partial charge in [-0.1, -0.05) is 0 Å². The molecule has 1 N–H and O–H groups in total. The third kappa shape index (κ3) is 4.50. The molecule has 0 aromatic carbocycles. The molecule has 2 aliphatic rings. The Morgan fingerprint density at radius 3 is 2.61 bits per heavy atom. The molecule has 0 spiro atoms. The van der Waals surface area contributed by atoms with Gasteiger partial charge in [-0.25, -0.2) is 0 Å². The lowest BCUT2D eigenvalue weighted by Crippen LogP contribution is -2.50. The van der Waals surface area contributed by atoms with Crippen LogP contribution in [0.1, 0.15) is 19.8 Å². The fourth-order valence-electron chi connectivity index (χ4n) is 3.13. The van der Waals surface area contributed by atoms with E-state index in [0.29, 0.717) is 6.04 Å². The van der Waals surface area contributed by atoms with Gasteiger partial charge >= 0.3 is 0 Å². The molecular weight excluding hydrogens is 226 g/mol. The van der Waals surface area contributed by atoms with Gasteiger partial charge in [0.15, 0.2) is 0 Å². The van der Waals surface area contributed by atoms with Crippen molar-refractivity contribution in [3.63, 3.8) is 0 Å². The van der Waals surface area contributed by atoms with E-state index < -0.39 is 0 Å². The van der Waals surface area contributed by atoms with Gasteiger partial charge in [-0.3, -0.25) is 4.90 Å². The van der Waals surface area contributed by atoms with Crippen LogP contribution >= 0.6 is 0 Å². The summed E-state index contributed by atoms with van der Waals surface area (Å²) >= 11 is 0. The van der Waals surface area contributed by atoms with Gasteiger partial charge in [0, 0.05) is 58.5 Å². The second-order valence-electron chi connectivity index (χ2n) is 5.91. The Bertz CT molecular complexity index is 225. The van der Waals surface area contributed by atoms with Crippen molar-refractivity contribution in [2.45, 2.75) is 25.8 Å². The zero-order valence-corrected chi connectivity index (χ0v) is 12.0. The molecule has 0 amide bonds. The summed E-state index contributed by atoms with van der Waals surface area (Å²) in [6.07, 6.45) is 2.48. The summed E-state index contributed by atoms with van der Waals surface area (Å²) in [6, 6.07) is 0.678. The Labute approximate surface area is 112 Å². The lowest BCUT2D eigenvalue weighted by molar-refractivity contribution is 0.0513. The van der Waals surface area contributed by atoms with Crippen molar-refractivity contribution in [1.82, 2.24) is 15.1 Å². The lowest BCUT2D eigenvalue weighted by atomic mass is 10.00. The highest BCUT2D eigenvalue weighted by molar-refractivity contribution is 4.77. The first-order chi connectivity index (χ1) is 8.75. The van der Waals surface area contributed by atoms with Crippen molar-refractivity contribution >= 4 is 0 Å². The number of nitrogens with one attached hydrogen (secondary N) is 1. The molecule has 2 saturated heterocycles. The van der Waals surface area contributed by atoms with E-state index in [-0.39, 0.29) is 0 Å². The number of likely N-dealkylation sites (N-methyl/N-ethyl adjacent to an activating group) is 1. The zero-order chi connectivity index (χ0) is 12.8. The Balaban J connectivity index is 1.67. The second kappa shape index (κ2) is 7.43. The van der Waals surface area contributed by atoms with Crippen LogP contribution in [0.5, 0.6) is 0 Å². The number of piperazine rings is 1. The Hall–Kier alpha value is -0.160. The zero-order valence-electron chi connectivity index (χ0n) is 12.0. The lowest BCUT2D eigenvalue weighted by Gasteiger charge is -2.36. The number of hydrogen-bond acceptors (Lipinski definition) is 4. The maximum absolute atomic E-state index is 5.42. The molecule has 0 bridgehead atoms. The summed E-state index contributed by atoms with van der Waals surface area (Å²) in [4.78, 5) is 5.12. The van der Waals surface area contributed by atoms with Crippen LogP contribution in [-0.2, 0) is 4.74 Å². The largest absolute Gasteiger partial charge is 0.381 e. The minimum Gasteiger partial charge on any atom is -0.381 e. The molecule has 1 atom stereocenters. The van der Waals surface area contributed by atoms with Crippen LogP contribution < -0.4 is 5.32 Å². The predicted octanol–water partition coefficient (Wildman–Crippen LogP) is 0.639. The topological polar surface area (TPSA) is 27.7 Å². The monoisotopic (exact) mass is 255 g/mol. The number of rotatable bonds is 5. The van der Waals surface area contributed by atoms with E-state index in [1.165, 1.54) is 39.0 Å². The maximum atomic E-state index is 5.42. The van der Waals surface area contributed by atoms with E-state index in [9.17, 15) is 0 Å². The third-order valence-electron chi connectivity index (χ3n) is 4.26. The molecule has 0 aliphatic carbocycles. The Morgan fingerprint density at radius 1 is 1.28 bits per heavy atom. The SMILES string of the molecule is CC(CN(C)CC1CCOCC1)N1CCNCC1. The van der Waals surface area contributed by atoms with Crippen molar-refractivity contribution in [3.05, 3.63) is 0 Å². The summed E-state index contributed by atoms with van der Waals surface area (Å²) in [5.74, 6) is 0.846. The number of hydrogen-bond donors (Lipinski definition) is 1. The normalized spacial score (nSPS) is 25.5. The van der Waals surface area contributed by atoms with Crippen LogP contribution in [0.3, 0.4) is 0 Å². The van der Waals surface area contributed by atoms with Gasteiger partial charge in [0.1, 0.15) is 0 Å². The van der Waals surface area contributed by atoms with Crippen LogP contribution in [0.4, 0.5) is 0 Å². The van der Waals surface area contributed by atoms with Gasteiger partial charge in [0.2, 0.25) is 0 Å². The maximum Gasteiger partial charge on any atom is 0.0469 e. The molecule has 2 rings (SSSR count).